The number of carbonyl (C=O) groups excluding carboxylic acids is 1. The minimum absolute atomic E-state index is 0.0725. The molecule has 0 aliphatic carbocycles. The lowest BCUT2D eigenvalue weighted by molar-refractivity contribution is -0.122. The molecule has 2 N–H and O–H groups in total. The van der Waals surface area contributed by atoms with Crippen molar-refractivity contribution in [1.29, 1.82) is 0 Å². The number of rotatable bonds is 7. The van der Waals surface area contributed by atoms with Gasteiger partial charge in [-0.2, -0.15) is 0 Å². The number of hydrogen-bond donors (Lipinski definition) is 2. The van der Waals surface area contributed by atoms with Crippen molar-refractivity contribution in [1.82, 2.24) is 15.2 Å². The van der Waals surface area contributed by atoms with E-state index in [0.717, 1.165) is 13.0 Å². The molecular formula is C14H25N3O. The lowest BCUT2D eigenvalue weighted by Gasteiger charge is -2.11. The van der Waals surface area contributed by atoms with Crippen molar-refractivity contribution in [2.45, 2.75) is 59.3 Å². The fourth-order valence-corrected chi connectivity index (χ4v) is 1.60. The van der Waals surface area contributed by atoms with Crippen LogP contribution in [0.3, 0.4) is 0 Å². The van der Waals surface area contributed by atoms with Crippen molar-refractivity contribution in [2.75, 3.05) is 0 Å². The van der Waals surface area contributed by atoms with Crippen LogP contribution in [-0.2, 0) is 17.9 Å². The van der Waals surface area contributed by atoms with Crippen LogP contribution in [-0.4, -0.2) is 22.6 Å². The first-order chi connectivity index (χ1) is 8.51. The average molecular weight is 251 g/mol. The topological polar surface area (TPSA) is 46.1 Å². The molecule has 1 amide bonds. The molecule has 1 aromatic heterocycles. The fourth-order valence-electron chi connectivity index (χ4n) is 1.60. The molecule has 0 aliphatic rings. The van der Waals surface area contributed by atoms with E-state index in [1.807, 2.05) is 30.0 Å². The third-order valence-electron chi connectivity index (χ3n) is 2.87. The first-order valence-corrected chi connectivity index (χ1v) is 6.68. The molecule has 4 nitrogen and oxygen atoms in total. The van der Waals surface area contributed by atoms with Crippen LogP contribution in [0.5, 0.6) is 0 Å². The Morgan fingerprint density at radius 3 is 2.72 bits per heavy atom. The molecule has 0 fully saturated rings. The molecule has 0 radical (unpaired) electrons. The highest BCUT2D eigenvalue weighted by Crippen LogP contribution is 2.01. The first-order valence-electron chi connectivity index (χ1n) is 6.68. The summed E-state index contributed by atoms with van der Waals surface area (Å²) in [4.78, 5) is 11.7. The molecule has 0 aromatic carbocycles. The maximum absolute atomic E-state index is 11.7. The standard InChI is InChI=1S/C14H25N3O/c1-5-12(4)16-14(18)10-17-7-6-13(9-17)8-15-11(2)3/h6-7,9,11-12,15H,5,8,10H2,1-4H3,(H,16,18). The van der Waals surface area contributed by atoms with Gasteiger partial charge in [0.1, 0.15) is 6.54 Å². The van der Waals surface area contributed by atoms with E-state index in [4.69, 9.17) is 0 Å². The van der Waals surface area contributed by atoms with E-state index in [0.29, 0.717) is 12.6 Å². The van der Waals surface area contributed by atoms with Crippen molar-refractivity contribution in [3.63, 3.8) is 0 Å². The highest BCUT2D eigenvalue weighted by molar-refractivity contribution is 5.76. The number of nitrogens with zero attached hydrogens (tertiary/aromatic N) is 1. The van der Waals surface area contributed by atoms with Crippen molar-refractivity contribution >= 4 is 5.91 Å². The van der Waals surface area contributed by atoms with Gasteiger partial charge in [-0.05, 0) is 25.0 Å². The van der Waals surface area contributed by atoms with Gasteiger partial charge in [0.2, 0.25) is 5.91 Å². The van der Waals surface area contributed by atoms with Gasteiger partial charge >= 0.3 is 0 Å². The van der Waals surface area contributed by atoms with E-state index in [9.17, 15) is 4.79 Å². The Balaban J connectivity index is 2.41. The number of amides is 1. The van der Waals surface area contributed by atoms with Gasteiger partial charge in [0.05, 0.1) is 0 Å². The molecule has 0 spiro atoms. The van der Waals surface area contributed by atoms with Gasteiger partial charge < -0.3 is 15.2 Å². The van der Waals surface area contributed by atoms with E-state index in [1.54, 1.807) is 0 Å². The third kappa shape index (κ3) is 5.36. The highest BCUT2D eigenvalue weighted by atomic mass is 16.2. The Labute approximate surface area is 110 Å². The van der Waals surface area contributed by atoms with Crippen LogP contribution in [0.4, 0.5) is 0 Å². The van der Waals surface area contributed by atoms with Crippen LogP contribution in [0.1, 0.15) is 39.7 Å². The molecule has 0 bridgehead atoms. The zero-order valence-corrected chi connectivity index (χ0v) is 11.9. The summed E-state index contributed by atoms with van der Waals surface area (Å²) in [6.07, 6.45) is 4.93. The van der Waals surface area contributed by atoms with Crippen molar-refractivity contribution in [3.8, 4) is 0 Å². The van der Waals surface area contributed by atoms with Gasteiger partial charge in [0.25, 0.3) is 0 Å². The molecule has 4 heteroatoms. The van der Waals surface area contributed by atoms with Gasteiger partial charge in [-0.15, -0.1) is 0 Å². The zero-order valence-electron chi connectivity index (χ0n) is 11.9. The second-order valence-corrected chi connectivity index (χ2v) is 5.10. The van der Waals surface area contributed by atoms with Crippen LogP contribution in [0.25, 0.3) is 0 Å². The molecule has 1 aromatic rings. The summed E-state index contributed by atoms with van der Waals surface area (Å²) < 4.78 is 1.93. The molecule has 0 saturated carbocycles. The molecule has 1 rings (SSSR count). The zero-order chi connectivity index (χ0) is 13.5. The maximum Gasteiger partial charge on any atom is 0.240 e. The predicted octanol–water partition coefficient (Wildman–Crippen LogP) is 1.90. The summed E-state index contributed by atoms with van der Waals surface area (Å²) in [7, 11) is 0. The number of hydrogen-bond acceptors (Lipinski definition) is 2. The SMILES string of the molecule is CCC(C)NC(=O)Cn1ccc(CNC(C)C)c1. The quantitative estimate of drug-likeness (QED) is 0.777. The van der Waals surface area contributed by atoms with Gasteiger partial charge in [-0.25, -0.2) is 0 Å². The third-order valence-corrected chi connectivity index (χ3v) is 2.87. The van der Waals surface area contributed by atoms with E-state index in [1.165, 1.54) is 5.56 Å². The molecule has 1 heterocycles. The highest BCUT2D eigenvalue weighted by Gasteiger charge is 2.06. The summed E-state index contributed by atoms with van der Waals surface area (Å²) in [5, 5.41) is 6.32. The normalized spacial score (nSPS) is 12.7. The average Bonchev–Trinajstić information content (AvgIpc) is 2.73. The van der Waals surface area contributed by atoms with Crippen molar-refractivity contribution in [2.24, 2.45) is 0 Å². The summed E-state index contributed by atoms with van der Waals surface area (Å²) in [6, 6.07) is 2.77. The molecule has 0 saturated heterocycles. The monoisotopic (exact) mass is 251 g/mol. The molecule has 1 unspecified atom stereocenters. The first kappa shape index (κ1) is 14.8. The number of carbonyl (C=O) groups is 1. The molecular weight excluding hydrogens is 226 g/mol. The Morgan fingerprint density at radius 2 is 2.11 bits per heavy atom. The largest absolute Gasteiger partial charge is 0.352 e. The Hall–Kier alpha value is -1.29. The minimum atomic E-state index is 0.0725. The van der Waals surface area contributed by atoms with Crippen LogP contribution in [0.2, 0.25) is 0 Å². The van der Waals surface area contributed by atoms with E-state index in [2.05, 4.69) is 31.4 Å². The number of aromatic nitrogens is 1. The lowest BCUT2D eigenvalue weighted by Crippen LogP contribution is -2.34. The summed E-state index contributed by atoms with van der Waals surface area (Å²) in [6.45, 7) is 9.57. The van der Waals surface area contributed by atoms with Crippen molar-refractivity contribution < 1.29 is 4.79 Å². The van der Waals surface area contributed by atoms with E-state index in [-0.39, 0.29) is 11.9 Å². The Morgan fingerprint density at radius 1 is 1.39 bits per heavy atom. The van der Waals surface area contributed by atoms with Crippen molar-refractivity contribution in [3.05, 3.63) is 24.0 Å². The van der Waals surface area contributed by atoms with E-state index >= 15 is 0 Å². The number of nitrogens with one attached hydrogen (secondary N) is 2. The summed E-state index contributed by atoms with van der Waals surface area (Å²) >= 11 is 0. The Kier molecular flexibility index (Phi) is 5.92. The second kappa shape index (κ2) is 7.21. The molecule has 0 aliphatic heterocycles. The summed E-state index contributed by atoms with van der Waals surface area (Å²) in [5.74, 6) is 0.0725. The van der Waals surface area contributed by atoms with Crippen LogP contribution in [0, 0.1) is 0 Å². The summed E-state index contributed by atoms with van der Waals surface area (Å²) in [5.41, 5.74) is 1.21. The van der Waals surface area contributed by atoms with Gasteiger partial charge in [0.15, 0.2) is 0 Å². The smallest absolute Gasteiger partial charge is 0.240 e. The van der Waals surface area contributed by atoms with Gasteiger partial charge in [-0.1, -0.05) is 20.8 Å². The van der Waals surface area contributed by atoms with Crippen LogP contribution < -0.4 is 10.6 Å². The predicted molar refractivity (Wildman–Crippen MR) is 74.3 cm³/mol. The van der Waals surface area contributed by atoms with Gasteiger partial charge in [-0.3, -0.25) is 4.79 Å². The fraction of sp³-hybridized carbons (Fsp3) is 0.643. The lowest BCUT2D eigenvalue weighted by atomic mass is 10.2. The minimum Gasteiger partial charge on any atom is -0.352 e. The molecule has 1 atom stereocenters. The van der Waals surface area contributed by atoms with Gasteiger partial charge in [0, 0.05) is 31.0 Å². The maximum atomic E-state index is 11.7. The van der Waals surface area contributed by atoms with Crippen LogP contribution in [0.15, 0.2) is 18.5 Å². The van der Waals surface area contributed by atoms with E-state index < -0.39 is 0 Å². The molecule has 18 heavy (non-hydrogen) atoms. The Bertz CT molecular complexity index is 371. The van der Waals surface area contributed by atoms with Crippen LogP contribution >= 0.6 is 0 Å². The second-order valence-electron chi connectivity index (χ2n) is 5.10. The molecule has 102 valence electrons.